The molecule has 21 heavy (non-hydrogen) atoms. The van der Waals surface area contributed by atoms with Gasteiger partial charge in [0.2, 0.25) is 0 Å². The second kappa shape index (κ2) is 7.55. The summed E-state index contributed by atoms with van der Waals surface area (Å²) >= 11 is 6.28. The number of hydrogen-bond acceptors (Lipinski definition) is 3. The van der Waals surface area contributed by atoms with Gasteiger partial charge in [-0.2, -0.15) is 0 Å². The second-order valence-electron chi connectivity index (χ2n) is 5.33. The van der Waals surface area contributed by atoms with Gasteiger partial charge in [0, 0.05) is 17.0 Å². The number of carboxylic acids is 1. The molecule has 116 valence electrons. The maximum Gasteiger partial charge on any atom is 0.303 e. The van der Waals surface area contributed by atoms with Crippen molar-refractivity contribution in [2.75, 3.05) is 7.11 Å². The van der Waals surface area contributed by atoms with Gasteiger partial charge in [-0.25, -0.2) is 0 Å². The van der Waals surface area contributed by atoms with E-state index in [0.717, 1.165) is 18.4 Å². The number of carboxylic acid groups (broad SMARTS) is 1. The van der Waals surface area contributed by atoms with E-state index < -0.39 is 5.97 Å². The fourth-order valence-corrected chi connectivity index (χ4v) is 2.94. The summed E-state index contributed by atoms with van der Waals surface area (Å²) in [6, 6.07) is 3.57. The van der Waals surface area contributed by atoms with Crippen molar-refractivity contribution in [1.82, 2.24) is 0 Å². The molecule has 1 fully saturated rings. The highest BCUT2D eigenvalue weighted by Gasteiger charge is 2.22. The Bertz CT molecular complexity index is 495. The number of hydrogen-bond donors (Lipinski definition) is 1. The zero-order valence-electron chi connectivity index (χ0n) is 12.2. The first-order valence-electron chi connectivity index (χ1n) is 7.35. The molecule has 4 nitrogen and oxygen atoms in total. The van der Waals surface area contributed by atoms with E-state index in [1.807, 2.05) is 0 Å². The first kappa shape index (κ1) is 16.0. The molecule has 0 spiro atoms. The highest BCUT2D eigenvalue weighted by molar-refractivity contribution is 6.31. The molecule has 0 saturated heterocycles. The van der Waals surface area contributed by atoms with E-state index in [1.165, 1.54) is 12.8 Å². The fourth-order valence-electron chi connectivity index (χ4n) is 2.69. The Morgan fingerprint density at radius 3 is 2.71 bits per heavy atom. The van der Waals surface area contributed by atoms with Crippen LogP contribution >= 0.6 is 11.6 Å². The van der Waals surface area contributed by atoms with Gasteiger partial charge in [-0.05, 0) is 50.7 Å². The van der Waals surface area contributed by atoms with Crippen LogP contribution in [-0.2, 0) is 11.2 Å². The van der Waals surface area contributed by atoms with Crippen molar-refractivity contribution >= 4 is 17.6 Å². The quantitative estimate of drug-likeness (QED) is 0.824. The number of rotatable bonds is 7. The predicted molar refractivity (Wildman–Crippen MR) is 81.5 cm³/mol. The third-order valence-electron chi connectivity index (χ3n) is 3.79. The summed E-state index contributed by atoms with van der Waals surface area (Å²) in [4.78, 5) is 10.7. The maximum absolute atomic E-state index is 10.7. The van der Waals surface area contributed by atoms with Crippen LogP contribution in [0.4, 0.5) is 0 Å². The predicted octanol–water partition coefficient (Wildman–Crippen LogP) is 4.08. The van der Waals surface area contributed by atoms with E-state index in [1.54, 1.807) is 19.2 Å². The van der Waals surface area contributed by atoms with E-state index in [0.29, 0.717) is 29.4 Å². The zero-order valence-corrected chi connectivity index (χ0v) is 13.0. The van der Waals surface area contributed by atoms with E-state index in [4.69, 9.17) is 26.2 Å². The van der Waals surface area contributed by atoms with Crippen LogP contribution in [0, 0.1) is 0 Å². The molecule has 0 unspecified atom stereocenters. The summed E-state index contributed by atoms with van der Waals surface area (Å²) in [5.41, 5.74) is 0.851. The Morgan fingerprint density at radius 2 is 2.10 bits per heavy atom. The van der Waals surface area contributed by atoms with Gasteiger partial charge in [0.05, 0.1) is 13.2 Å². The molecular formula is C16H21ClO4. The van der Waals surface area contributed by atoms with Gasteiger partial charge in [0.1, 0.15) is 0 Å². The van der Waals surface area contributed by atoms with E-state index in [2.05, 4.69) is 0 Å². The molecule has 1 aromatic rings. The molecule has 1 N–H and O–H groups in total. The third-order valence-corrected chi connectivity index (χ3v) is 4.15. The van der Waals surface area contributed by atoms with E-state index in [9.17, 15) is 4.79 Å². The van der Waals surface area contributed by atoms with Gasteiger partial charge in [-0.1, -0.05) is 11.6 Å². The molecular weight excluding hydrogens is 292 g/mol. The normalized spacial score (nSPS) is 15.1. The molecule has 0 bridgehead atoms. The lowest BCUT2D eigenvalue weighted by Gasteiger charge is -2.20. The fraction of sp³-hybridized carbons (Fsp3) is 0.562. The molecule has 1 aliphatic carbocycles. The van der Waals surface area contributed by atoms with Crippen LogP contribution in [-0.4, -0.2) is 24.3 Å². The van der Waals surface area contributed by atoms with Crippen molar-refractivity contribution < 1.29 is 19.4 Å². The topological polar surface area (TPSA) is 55.8 Å². The molecule has 0 atom stereocenters. The SMILES string of the molecule is COc1ccc(Cl)c(CCCC(=O)O)c1OC1CCCC1. The van der Waals surface area contributed by atoms with E-state index >= 15 is 0 Å². The highest BCUT2D eigenvalue weighted by atomic mass is 35.5. The van der Waals surface area contributed by atoms with Crippen molar-refractivity contribution in [2.24, 2.45) is 0 Å². The van der Waals surface area contributed by atoms with Gasteiger partial charge in [0.25, 0.3) is 0 Å². The summed E-state index contributed by atoms with van der Waals surface area (Å²) in [5.74, 6) is 0.547. The number of benzene rings is 1. The van der Waals surface area contributed by atoms with Crippen LogP contribution in [0.2, 0.25) is 5.02 Å². The van der Waals surface area contributed by atoms with Gasteiger partial charge in [0.15, 0.2) is 11.5 Å². The van der Waals surface area contributed by atoms with Crippen LogP contribution in [0.15, 0.2) is 12.1 Å². The van der Waals surface area contributed by atoms with Crippen LogP contribution in [0.3, 0.4) is 0 Å². The molecule has 0 aromatic heterocycles. The number of carbonyl (C=O) groups is 1. The minimum absolute atomic E-state index is 0.121. The van der Waals surface area contributed by atoms with Gasteiger partial charge in [-0.15, -0.1) is 0 Å². The maximum atomic E-state index is 10.7. The van der Waals surface area contributed by atoms with Crippen LogP contribution < -0.4 is 9.47 Å². The Kier molecular flexibility index (Phi) is 5.74. The Hall–Kier alpha value is -1.42. The lowest BCUT2D eigenvalue weighted by atomic mass is 10.1. The summed E-state index contributed by atoms with van der Waals surface area (Å²) in [5, 5.41) is 9.38. The lowest BCUT2D eigenvalue weighted by molar-refractivity contribution is -0.137. The second-order valence-corrected chi connectivity index (χ2v) is 5.74. The molecule has 0 aliphatic heterocycles. The monoisotopic (exact) mass is 312 g/mol. The molecule has 5 heteroatoms. The molecule has 1 saturated carbocycles. The summed E-state index contributed by atoms with van der Waals surface area (Å²) in [6.45, 7) is 0. The standard InChI is InChI=1S/C16H21ClO4/c1-20-14-10-9-13(17)12(7-4-8-15(18)19)16(14)21-11-5-2-3-6-11/h9-11H,2-8H2,1H3,(H,18,19). The number of aliphatic carboxylic acids is 1. The first-order valence-corrected chi connectivity index (χ1v) is 7.73. The van der Waals surface area contributed by atoms with Gasteiger partial charge >= 0.3 is 5.97 Å². The lowest BCUT2D eigenvalue weighted by Crippen LogP contribution is -2.13. The average Bonchev–Trinajstić information content (AvgIpc) is 2.95. The van der Waals surface area contributed by atoms with Crippen LogP contribution in [0.5, 0.6) is 11.5 Å². The van der Waals surface area contributed by atoms with Crippen molar-refractivity contribution in [3.63, 3.8) is 0 Å². The molecule has 2 rings (SSSR count). The highest BCUT2D eigenvalue weighted by Crippen LogP contribution is 2.39. The molecule has 0 heterocycles. The van der Waals surface area contributed by atoms with Gasteiger partial charge in [-0.3, -0.25) is 4.79 Å². The van der Waals surface area contributed by atoms with Crippen LogP contribution in [0.1, 0.15) is 44.1 Å². The molecule has 0 radical (unpaired) electrons. The Balaban J connectivity index is 2.19. The summed E-state index contributed by atoms with van der Waals surface area (Å²) in [6.07, 6.45) is 5.89. The van der Waals surface area contributed by atoms with Crippen LogP contribution in [0.25, 0.3) is 0 Å². The minimum atomic E-state index is -0.799. The van der Waals surface area contributed by atoms with Crippen molar-refractivity contribution in [2.45, 2.75) is 51.0 Å². The molecule has 1 aromatic carbocycles. The minimum Gasteiger partial charge on any atom is -0.493 e. The number of methoxy groups -OCH3 is 1. The van der Waals surface area contributed by atoms with Crippen molar-refractivity contribution in [3.8, 4) is 11.5 Å². The van der Waals surface area contributed by atoms with E-state index in [-0.39, 0.29) is 12.5 Å². The third kappa shape index (κ3) is 4.27. The van der Waals surface area contributed by atoms with Gasteiger partial charge < -0.3 is 14.6 Å². The zero-order chi connectivity index (χ0) is 15.2. The Labute approximate surface area is 130 Å². The average molecular weight is 313 g/mol. The smallest absolute Gasteiger partial charge is 0.303 e. The molecule has 0 amide bonds. The number of halogens is 1. The number of ether oxygens (including phenoxy) is 2. The van der Waals surface area contributed by atoms with Crippen molar-refractivity contribution in [1.29, 1.82) is 0 Å². The summed E-state index contributed by atoms with van der Waals surface area (Å²) < 4.78 is 11.5. The van der Waals surface area contributed by atoms with Crippen molar-refractivity contribution in [3.05, 3.63) is 22.7 Å². The summed E-state index contributed by atoms with van der Waals surface area (Å²) in [7, 11) is 1.60. The molecule has 1 aliphatic rings. The largest absolute Gasteiger partial charge is 0.493 e. The Morgan fingerprint density at radius 1 is 1.38 bits per heavy atom. The first-order chi connectivity index (χ1) is 10.1.